The van der Waals surface area contributed by atoms with E-state index in [2.05, 4.69) is 298 Å². The molecule has 642 valence electrons. The lowest BCUT2D eigenvalue weighted by Gasteiger charge is -2.29. The van der Waals surface area contributed by atoms with Gasteiger partial charge in [0.15, 0.2) is 11.6 Å². The van der Waals surface area contributed by atoms with Crippen LogP contribution in [0.4, 0.5) is 0 Å². The lowest BCUT2D eigenvalue weighted by atomic mass is 9.82. The van der Waals surface area contributed by atoms with Crippen molar-refractivity contribution in [1.29, 1.82) is 0 Å². The highest BCUT2D eigenvalue weighted by Gasteiger charge is 2.45. The van der Waals surface area contributed by atoms with Crippen molar-refractivity contribution in [2.45, 2.75) is 408 Å². The van der Waals surface area contributed by atoms with Gasteiger partial charge >= 0.3 is 0 Å². The molecule has 0 radical (unpaired) electrons. The van der Waals surface area contributed by atoms with Crippen LogP contribution in [0, 0.1) is 90.9 Å². The first-order chi connectivity index (χ1) is 52.7. The molecule has 2 unspecified atom stereocenters. The predicted molar refractivity (Wildman–Crippen MR) is 518 cm³/mol. The first-order valence-corrected chi connectivity index (χ1v) is 44.7. The molecule has 0 bridgehead atoms. The summed E-state index contributed by atoms with van der Waals surface area (Å²) >= 11 is 0. The van der Waals surface area contributed by atoms with E-state index in [0.29, 0.717) is 0 Å². The molecule has 0 amide bonds. The minimum absolute atomic E-state index is 0.226. The zero-order valence-electron chi connectivity index (χ0n) is 83.6. The molecule has 0 N–H and O–H groups in total. The van der Waals surface area contributed by atoms with E-state index in [0.717, 1.165) is 25.7 Å². The molecular weight excluding hydrogens is 1360 g/mol. The quantitative estimate of drug-likeness (QED) is 0.159. The Morgan fingerprint density at radius 1 is 0.205 bits per heavy atom. The molecule has 2 aliphatic rings. The van der Waals surface area contributed by atoms with Crippen molar-refractivity contribution in [1.82, 2.24) is 0 Å². The second-order valence-corrected chi connectivity index (χ2v) is 31.5. The number of fused-ring (bicyclic) bond motifs is 2. The van der Waals surface area contributed by atoms with E-state index < -0.39 is 11.6 Å². The molecular formula is C108H186O4. The largest absolute Gasteiger partial charge is 0.345 e. The predicted octanol–water partition coefficient (Wildman–Crippen LogP) is 36.5. The van der Waals surface area contributed by atoms with Crippen LogP contribution >= 0.6 is 0 Å². The SMILES string of the molecule is CC.CC.CC.CC.CC.CC.CC.CC.CC.CC.CC.CC.CC(C)(C)CC1OC(C)(C)O[C@@H]1CC(C)(C)C.CC(C)(C)CC1OC(C)(C)O[C@H]1CC(C)(C)C.Cc1ccc2ccccc2c1-c1c(C)ccc2ccccc12.Cc1cccc(C)c1-c1c(C)cccc1C.Cc1cccc(C)c1-c1c(C)cccc1C. The zero-order chi connectivity index (χ0) is 89.5. The minimum Gasteiger partial charge on any atom is -0.345 e. The Morgan fingerprint density at radius 2 is 0.357 bits per heavy atom. The van der Waals surface area contributed by atoms with Gasteiger partial charge in [0.2, 0.25) is 0 Å². The van der Waals surface area contributed by atoms with Crippen LogP contribution in [-0.4, -0.2) is 36.0 Å². The molecule has 2 aliphatic heterocycles. The van der Waals surface area contributed by atoms with Crippen LogP contribution in [0.25, 0.3) is 54.9 Å². The van der Waals surface area contributed by atoms with Gasteiger partial charge in [-0.05, 0) is 255 Å². The van der Waals surface area contributed by atoms with Crippen LogP contribution in [0.15, 0.2) is 146 Å². The van der Waals surface area contributed by atoms with Crippen molar-refractivity contribution in [3.8, 4) is 33.4 Å². The third kappa shape index (κ3) is 44.3. The number of hydrogen-bond donors (Lipinski definition) is 0. The normalized spacial score (nSPS) is 14.8. The summed E-state index contributed by atoms with van der Waals surface area (Å²) in [5.41, 5.74) is 23.0. The van der Waals surface area contributed by atoms with Crippen LogP contribution < -0.4 is 0 Å². The van der Waals surface area contributed by atoms with E-state index >= 15 is 0 Å². The van der Waals surface area contributed by atoms with Gasteiger partial charge in [0.1, 0.15) is 0 Å². The average molecular weight is 1550 g/mol. The highest BCUT2D eigenvalue weighted by Crippen LogP contribution is 2.43. The number of aryl methyl sites for hydroxylation is 10. The van der Waals surface area contributed by atoms with Crippen molar-refractivity contribution in [3.63, 3.8) is 0 Å². The monoisotopic (exact) mass is 1550 g/mol. The maximum atomic E-state index is 6.06. The first-order valence-electron chi connectivity index (χ1n) is 44.7. The fourth-order valence-electron chi connectivity index (χ4n) is 13.2. The van der Waals surface area contributed by atoms with Gasteiger partial charge < -0.3 is 18.9 Å². The molecule has 2 heterocycles. The van der Waals surface area contributed by atoms with Crippen molar-refractivity contribution in [3.05, 3.63) is 201 Å². The molecule has 8 aromatic carbocycles. The van der Waals surface area contributed by atoms with Gasteiger partial charge in [-0.3, -0.25) is 0 Å². The summed E-state index contributed by atoms with van der Waals surface area (Å²) in [5.74, 6) is -0.850. The molecule has 0 spiro atoms. The minimum atomic E-state index is -0.425. The van der Waals surface area contributed by atoms with Crippen molar-refractivity contribution in [2.75, 3.05) is 0 Å². The van der Waals surface area contributed by atoms with E-state index in [1.807, 2.05) is 194 Å². The molecule has 0 aliphatic carbocycles. The second kappa shape index (κ2) is 63.4. The summed E-state index contributed by atoms with van der Waals surface area (Å²) in [5, 5.41) is 5.27. The maximum absolute atomic E-state index is 6.06. The molecule has 0 saturated carbocycles. The summed E-state index contributed by atoms with van der Waals surface area (Å²) in [6.45, 7) is 105. The van der Waals surface area contributed by atoms with Gasteiger partial charge in [-0.15, -0.1) is 0 Å². The highest BCUT2D eigenvalue weighted by molar-refractivity contribution is 6.07. The molecule has 4 heteroatoms. The van der Waals surface area contributed by atoms with Crippen LogP contribution in [-0.2, 0) is 18.9 Å². The Bertz CT molecular complexity index is 3130. The standard InChI is InChI=1S/C22H18.2C16H18.2C15H30O2.12C2H6/c1-15-11-13-17-7-3-5-9-19(17)21(15)22-16(2)12-14-18-8-4-6-10-20(18)22;2*1-11-7-5-8-12(2)15(11)16-13(3)9-6-10-14(16)4;2*1-13(2,3)9-11-12(10-14(4,5)6)17-15(7,8)16-11;12*1-2/h3-14H,1-2H3;2*5-10H,1-4H3;2*11-12H,9-10H2,1-8H3;12*1-2H3/t;;;2*11-,12?;;;;;;;;;;;;/m...10............/s1. The summed E-state index contributed by atoms with van der Waals surface area (Å²) in [4.78, 5) is 0. The third-order valence-electron chi connectivity index (χ3n) is 16.8. The van der Waals surface area contributed by atoms with Gasteiger partial charge in [0.25, 0.3) is 0 Å². The molecule has 4 atom stereocenters. The van der Waals surface area contributed by atoms with E-state index in [1.54, 1.807) is 0 Å². The fraction of sp³-hybridized carbons (Fsp3) is 0.593. The molecule has 2 fully saturated rings. The summed E-state index contributed by atoms with van der Waals surface area (Å²) in [6, 6.07) is 52.3. The van der Waals surface area contributed by atoms with E-state index in [4.69, 9.17) is 18.9 Å². The number of hydrogen-bond acceptors (Lipinski definition) is 4. The molecule has 2 saturated heterocycles. The molecule has 10 rings (SSSR count). The Hall–Kier alpha value is -5.88. The Balaban J connectivity index is -0.000000231. The van der Waals surface area contributed by atoms with Gasteiger partial charge in [-0.1, -0.05) is 395 Å². The number of ether oxygens (including phenoxy) is 4. The number of rotatable bonds is 7. The molecule has 8 aromatic rings. The van der Waals surface area contributed by atoms with Crippen LogP contribution in [0.2, 0.25) is 0 Å². The third-order valence-corrected chi connectivity index (χ3v) is 16.8. The lowest BCUT2D eigenvalue weighted by molar-refractivity contribution is -0.150. The summed E-state index contributed by atoms with van der Waals surface area (Å²) in [7, 11) is 0. The van der Waals surface area contributed by atoms with Gasteiger partial charge in [-0.2, -0.15) is 0 Å². The van der Waals surface area contributed by atoms with Crippen LogP contribution in [0.5, 0.6) is 0 Å². The Morgan fingerprint density at radius 3 is 0.518 bits per heavy atom. The van der Waals surface area contributed by atoms with E-state index in [9.17, 15) is 0 Å². The summed E-state index contributed by atoms with van der Waals surface area (Å²) < 4.78 is 24.2. The van der Waals surface area contributed by atoms with Gasteiger partial charge in [0, 0.05) is 0 Å². The Labute approximate surface area is 700 Å². The molecule has 4 nitrogen and oxygen atoms in total. The zero-order valence-corrected chi connectivity index (χ0v) is 83.6. The van der Waals surface area contributed by atoms with Crippen molar-refractivity contribution >= 4 is 21.5 Å². The second-order valence-electron chi connectivity index (χ2n) is 31.5. The first kappa shape index (κ1) is 119. The average Bonchev–Trinajstić information content (AvgIpc) is 1.07. The van der Waals surface area contributed by atoms with Crippen LogP contribution in [0.3, 0.4) is 0 Å². The highest BCUT2D eigenvalue weighted by atomic mass is 16.8. The van der Waals surface area contributed by atoms with Crippen molar-refractivity contribution in [2.24, 2.45) is 21.7 Å². The Kier molecular flexibility index (Phi) is 67.5. The van der Waals surface area contributed by atoms with E-state index in [1.165, 1.54) is 111 Å². The van der Waals surface area contributed by atoms with E-state index in [-0.39, 0.29) is 46.1 Å². The summed E-state index contributed by atoms with van der Waals surface area (Å²) in [6.07, 6.45) is 5.12. The topological polar surface area (TPSA) is 36.9 Å². The number of benzene rings is 8. The lowest BCUT2D eigenvalue weighted by Crippen LogP contribution is -2.31. The smallest absolute Gasteiger partial charge is 0.163 e. The van der Waals surface area contributed by atoms with Gasteiger partial charge in [-0.25, -0.2) is 0 Å². The maximum Gasteiger partial charge on any atom is 0.163 e. The van der Waals surface area contributed by atoms with Gasteiger partial charge in [0.05, 0.1) is 24.4 Å². The van der Waals surface area contributed by atoms with Crippen molar-refractivity contribution < 1.29 is 18.9 Å². The molecule has 112 heavy (non-hydrogen) atoms. The van der Waals surface area contributed by atoms with Crippen LogP contribution in [0.1, 0.15) is 358 Å². The fourth-order valence-corrected chi connectivity index (χ4v) is 13.2. The molecule has 0 aromatic heterocycles.